The molecule has 0 amide bonds. The van der Waals surface area contributed by atoms with Gasteiger partial charge in [0.05, 0.1) is 5.60 Å². The molecule has 0 fully saturated rings. The zero-order valence-electron chi connectivity index (χ0n) is 9.77. The van der Waals surface area contributed by atoms with Gasteiger partial charge in [-0.25, -0.2) is 0 Å². The van der Waals surface area contributed by atoms with Crippen molar-refractivity contribution in [1.29, 1.82) is 0 Å². The molecule has 2 heteroatoms. The van der Waals surface area contributed by atoms with E-state index >= 15 is 0 Å². The number of aromatic nitrogens is 1. The molecule has 84 valence electrons. The van der Waals surface area contributed by atoms with E-state index < -0.39 is 5.60 Å². The van der Waals surface area contributed by atoms with E-state index in [2.05, 4.69) is 4.98 Å². The van der Waals surface area contributed by atoms with Crippen LogP contribution in [0.25, 0.3) is 10.8 Å². The molecule has 0 atom stereocenters. The van der Waals surface area contributed by atoms with Gasteiger partial charge in [0.2, 0.25) is 0 Å². The minimum Gasteiger partial charge on any atom is -0.385 e. The lowest BCUT2D eigenvalue weighted by molar-refractivity contribution is 0.0296. The fraction of sp³-hybridized carbons (Fsp3) is 0.357. The van der Waals surface area contributed by atoms with Crippen molar-refractivity contribution >= 4 is 10.8 Å². The Morgan fingerprint density at radius 2 is 1.81 bits per heavy atom. The van der Waals surface area contributed by atoms with E-state index in [-0.39, 0.29) is 0 Å². The van der Waals surface area contributed by atoms with Crippen LogP contribution in [-0.2, 0) is 5.60 Å². The van der Waals surface area contributed by atoms with Crippen LogP contribution in [0, 0.1) is 0 Å². The predicted molar refractivity (Wildman–Crippen MR) is 66.2 cm³/mol. The maximum atomic E-state index is 10.6. The fourth-order valence-electron chi connectivity index (χ4n) is 2.12. The largest absolute Gasteiger partial charge is 0.385 e. The number of benzene rings is 1. The number of nitrogens with zero attached hydrogens (tertiary/aromatic N) is 1. The quantitative estimate of drug-likeness (QED) is 0.852. The average Bonchev–Trinajstić information content (AvgIpc) is 2.37. The lowest BCUT2D eigenvalue weighted by atomic mass is 9.87. The molecule has 2 aromatic rings. The standard InChI is InChI=1S/C14H17NO/c1-3-14(16,4-2)13-10-15-9-11-7-5-6-8-12(11)13/h5-10,16H,3-4H2,1-2H3. The van der Waals surface area contributed by atoms with Gasteiger partial charge in [0, 0.05) is 23.3 Å². The van der Waals surface area contributed by atoms with Crippen molar-refractivity contribution in [3.8, 4) is 0 Å². The third-order valence-electron chi connectivity index (χ3n) is 3.34. The number of fused-ring (bicyclic) bond motifs is 1. The molecular formula is C14H17NO. The van der Waals surface area contributed by atoms with Crippen molar-refractivity contribution in [3.05, 3.63) is 42.2 Å². The summed E-state index contributed by atoms with van der Waals surface area (Å²) in [5.74, 6) is 0. The first-order chi connectivity index (χ1) is 7.71. The van der Waals surface area contributed by atoms with Crippen molar-refractivity contribution < 1.29 is 5.11 Å². The SMILES string of the molecule is CCC(O)(CC)c1cncc2ccccc12. The minimum absolute atomic E-state index is 0.708. The Hall–Kier alpha value is -1.41. The predicted octanol–water partition coefficient (Wildman–Crippen LogP) is 3.24. The number of hydrogen-bond acceptors (Lipinski definition) is 2. The molecular weight excluding hydrogens is 198 g/mol. The van der Waals surface area contributed by atoms with Gasteiger partial charge in [0.15, 0.2) is 0 Å². The Bertz CT molecular complexity index is 484. The Labute approximate surface area is 96.0 Å². The summed E-state index contributed by atoms with van der Waals surface area (Å²) in [6.07, 6.45) is 5.04. The molecule has 0 spiro atoms. The van der Waals surface area contributed by atoms with Crippen molar-refractivity contribution in [2.24, 2.45) is 0 Å². The first-order valence-electron chi connectivity index (χ1n) is 5.77. The van der Waals surface area contributed by atoms with Gasteiger partial charge in [-0.3, -0.25) is 4.98 Å². The molecule has 0 radical (unpaired) electrons. The van der Waals surface area contributed by atoms with E-state index in [0.29, 0.717) is 12.8 Å². The van der Waals surface area contributed by atoms with E-state index in [1.807, 2.05) is 44.3 Å². The molecule has 0 bridgehead atoms. The summed E-state index contributed by atoms with van der Waals surface area (Å²) in [4.78, 5) is 4.21. The normalized spacial score (nSPS) is 11.9. The highest BCUT2D eigenvalue weighted by Gasteiger charge is 2.26. The Morgan fingerprint density at radius 3 is 2.50 bits per heavy atom. The summed E-state index contributed by atoms with van der Waals surface area (Å²) < 4.78 is 0. The molecule has 2 nitrogen and oxygen atoms in total. The molecule has 16 heavy (non-hydrogen) atoms. The van der Waals surface area contributed by atoms with E-state index in [9.17, 15) is 5.11 Å². The third kappa shape index (κ3) is 1.69. The van der Waals surface area contributed by atoms with Gasteiger partial charge in [-0.05, 0) is 18.2 Å². The number of rotatable bonds is 3. The number of hydrogen-bond donors (Lipinski definition) is 1. The van der Waals surface area contributed by atoms with Crippen LogP contribution in [0.2, 0.25) is 0 Å². The molecule has 0 unspecified atom stereocenters. The zero-order chi connectivity index (χ0) is 11.6. The molecule has 0 aliphatic rings. The van der Waals surface area contributed by atoms with Gasteiger partial charge in [-0.15, -0.1) is 0 Å². The molecule has 1 N–H and O–H groups in total. The lowest BCUT2D eigenvalue weighted by Gasteiger charge is -2.26. The summed E-state index contributed by atoms with van der Waals surface area (Å²) in [5.41, 5.74) is 0.184. The van der Waals surface area contributed by atoms with Crippen LogP contribution in [0.1, 0.15) is 32.3 Å². The Kier molecular flexibility index (Phi) is 2.92. The average molecular weight is 215 g/mol. The smallest absolute Gasteiger partial charge is 0.0912 e. The summed E-state index contributed by atoms with van der Waals surface area (Å²) in [7, 11) is 0. The van der Waals surface area contributed by atoms with Gasteiger partial charge in [-0.1, -0.05) is 38.1 Å². The first-order valence-corrected chi connectivity index (χ1v) is 5.77. The summed E-state index contributed by atoms with van der Waals surface area (Å²) in [6, 6.07) is 8.06. The summed E-state index contributed by atoms with van der Waals surface area (Å²) in [6.45, 7) is 4.01. The highest BCUT2D eigenvalue weighted by molar-refractivity contribution is 5.85. The number of aliphatic hydroxyl groups is 1. The van der Waals surface area contributed by atoms with Crippen LogP contribution in [0.4, 0.5) is 0 Å². The van der Waals surface area contributed by atoms with E-state index in [0.717, 1.165) is 16.3 Å². The molecule has 1 aromatic heterocycles. The van der Waals surface area contributed by atoms with Gasteiger partial charge in [-0.2, -0.15) is 0 Å². The van der Waals surface area contributed by atoms with Crippen molar-refractivity contribution in [2.45, 2.75) is 32.3 Å². The molecule has 1 aromatic carbocycles. The first kappa shape index (κ1) is 11.1. The van der Waals surface area contributed by atoms with Gasteiger partial charge >= 0.3 is 0 Å². The Morgan fingerprint density at radius 1 is 1.12 bits per heavy atom. The van der Waals surface area contributed by atoms with Gasteiger partial charge in [0.1, 0.15) is 0 Å². The third-order valence-corrected chi connectivity index (χ3v) is 3.34. The fourth-order valence-corrected chi connectivity index (χ4v) is 2.12. The second kappa shape index (κ2) is 4.22. The van der Waals surface area contributed by atoms with Crippen LogP contribution < -0.4 is 0 Å². The van der Waals surface area contributed by atoms with Crippen LogP contribution in [-0.4, -0.2) is 10.1 Å². The molecule has 0 aliphatic heterocycles. The van der Waals surface area contributed by atoms with E-state index in [4.69, 9.17) is 0 Å². The minimum atomic E-state index is -0.756. The van der Waals surface area contributed by atoms with E-state index in [1.54, 1.807) is 6.20 Å². The molecule has 0 saturated heterocycles. The van der Waals surface area contributed by atoms with Crippen molar-refractivity contribution in [3.63, 3.8) is 0 Å². The molecule has 0 saturated carbocycles. The molecule has 0 aliphatic carbocycles. The highest BCUT2D eigenvalue weighted by atomic mass is 16.3. The monoisotopic (exact) mass is 215 g/mol. The summed E-state index contributed by atoms with van der Waals surface area (Å²) >= 11 is 0. The zero-order valence-corrected chi connectivity index (χ0v) is 9.77. The maximum absolute atomic E-state index is 10.6. The van der Waals surface area contributed by atoms with Crippen molar-refractivity contribution in [1.82, 2.24) is 4.98 Å². The molecule has 1 heterocycles. The van der Waals surface area contributed by atoms with Crippen LogP contribution in [0.5, 0.6) is 0 Å². The second-order valence-corrected chi connectivity index (χ2v) is 4.15. The summed E-state index contributed by atoms with van der Waals surface area (Å²) in [5, 5.41) is 12.7. The topological polar surface area (TPSA) is 33.1 Å². The van der Waals surface area contributed by atoms with Gasteiger partial charge in [0.25, 0.3) is 0 Å². The second-order valence-electron chi connectivity index (χ2n) is 4.15. The highest BCUT2D eigenvalue weighted by Crippen LogP contribution is 2.32. The van der Waals surface area contributed by atoms with Gasteiger partial charge < -0.3 is 5.11 Å². The van der Waals surface area contributed by atoms with E-state index in [1.165, 1.54) is 0 Å². The van der Waals surface area contributed by atoms with Crippen LogP contribution in [0.15, 0.2) is 36.7 Å². The number of pyridine rings is 1. The lowest BCUT2D eigenvalue weighted by Crippen LogP contribution is -2.24. The maximum Gasteiger partial charge on any atom is 0.0912 e. The Balaban J connectivity index is 2.69. The van der Waals surface area contributed by atoms with Crippen molar-refractivity contribution in [2.75, 3.05) is 0 Å². The van der Waals surface area contributed by atoms with Crippen LogP contribution in [0.3, 0.4) is 0 Å². The van der Waals surface area contributed by atoms with Crippen LogP contribution >= 0.6 is 0 Å². The molecule has 2 rings (SSSR count).